The molecule has 1 aromatic carbocycles. The Morgan fingerprint density at radius 1 is 1.33 bits per heavy atom. The van der Waals surface area contributed by atoms with Gasteiger partial charge in [0, 0.05) is 11.8 Å². The zero-order valence-corrected chi connectivity index (χ0v) is 10.2. The Morgan fingerprint density at radius 3 is 2.78 bits per heavy atom. The molecule has 0 N–H and O–H groups in total. The maximum atomic E-state index is 13.2. The van der Waals surface area contributed by atoms with Crippen LogP contribution in [0.5, 0.6) is 5.75 Å². The summed E-state index contributed by atoms with van der Waals surface area (Å²) in [5, 5.41) is 0.205. The number of benzene rings is 1. The largest absolute Gasteiger partial charge is 0.496 e. The van der Waals surface area contributed by atoms with Gasteiger partial charge in [0.2, 0.25) is 0 Å². The fourth-order valence-corrected chi connectivity index (χ4v) is 1.73. The standard InChI is InChI=1S/C13H9ClFNO2/c1-18-11-3-2-9(15)7-10(11)13(17)8-4-5-16-12(14)6-8/h2-7H,1H3. The zero-order chi connectivity index (χ0) is 13.1. The predicted molar refractivity (Wildman–Crippen MR) is 65.6 cm³/mol. The van der Waals surface area contributed by atoms with E-state index in [0.29, 0.717) is 11.3 Å². The van der Waals surface area contributed by atoms with Gasteiger partial charge in [-0.2, -0.15) is 0 Å². The minimum atomic E-state index is -0.501. The number of halogens is 2. The van der Waals surface area contributed by atoms with Crippen molar-refractivity contribution in [1.82, 2.24) is 4.98 Å². The highest BCUT2D eigenvalue weighted by Gasteiger charge is 2.15. The number of nitrogens with zero attached hydrogens (tertiary/aromatic N) is 1. The first-order chi connectivity index (χ1) is 8.61. The van der Waals surface area contributed by atoms with Crippen molar-refractivity contribution in [2.45, 2.75) is 0 Å². The van der Waals surface area contributed by atoms with Crippen LogP contribution in [-0.2, 0) is 0 Å². The molecule has 1 aromatic heterocycles. The van der Waals surface area contributed by atoms with Crippen LogP contribution in [-0.4, -0.2) is 17.9 Å². The highest BCUT2D eigenvalue weighted by atomic mass is 35.5. The Balaban J connectivity index is 2.48. The molecule has 0 bridgehead atoms. The lowest BCUT2D eigenvalue weighted by atomic mass is 10.0. The van der Waals surface area contributed by atoms with Gasteiger partial charge in [0.1, 0.15) is 16.7 Å². The number of hydrogen-bond acceptors (Lipinski definition) is 3. The second kappa shape index (κ2) is 5.14. The van der Waals surface area contributed by atoms with Crippen LogP contribution in [0.2, 0.25) is 5.15 Å². The fourth-order valence-electron chi connectivity index (χ4n) is 1.56. The van der Waals surface area contributed by atoms with Crippen molar-refractivity contribution in [1.29, 1.82) is 0 Å². The minimum Gasteiger partial charge on any atom is -0.496 e. The number of rotatable bonds is 3. The van der Waals surface area contributed by atoms with E-state index in [2.05, 4.69) is 4.98 Å². The predicted octanol–water partition coefficient (Wildman–Crippen LogP) is 3.11. The Bertz CT molecular complexity index is 601. The average Bonchev–Trinajstić information content (AvgIpc) is 2.38. The second-order valence-electron chi connectivity index (χ2n) is 3.54. The van der Waals surface area contributed by atoms with E-state index >= 15 is 0 Å². The number of carbonyl (C=O) groups is 1. The van der Waals surface area contributed by atoms with Crippen molar-refractivity contribution in [2.75, 3.05) is 7.11 Å². The Morgan fingerprint density at radius 2 is 2.11 bits per heavy atom. The van der Waals surface area contributed by atoms with Crippen molar-refractivity contribution in [3.8, 4) is 5.75 Å². The summed E-state index contributed by atoms with van der Waals surface area (Å²) >= 11 is 5.71. The fraction of sp³-hybridized carbons (Fsp3) is 0.0769. The number of aromatic nitrogens is 1. The molecule has 0 aliphatic heterocycles. The van der Waals surface area contributed by atoms with E-state index in [1.54, 1.807) is 0 Å². The normalized spacial score (nSPS) is 10.2. The van der Waals surface area contributed by atoms with Gasteiger partial charge >= 0.3 is 0 Å². The van der Waals surface area contributed by atoms with E-state index in [4.69, 9.17) is 16.3 Å². The summed E-state index contributed by atoms with van der Waals surface area (Å²) < 4.78 is 18.2. The Labute approximate surface area is 108 Å². The van der Waals surface area contributed by atoms with Gasteiger partial charge < -0.3 is 4.74 Å². The van der Waals surface area contributed by atoms with Gasteiger partial charge in [-0.25, -0.2) is 9.37 Å². The topological polar surface area (TPSA) is 39.2 Å². The average molecular weight is 266 g/mol. The van der Waals surface area contributed by atoms with Crippen LogP contribution in [0.3, 0.4) is 0 Å². The summed E-state index contributed by atoms with van der Waals surface area (Å²) in [6.45, 7) is 0. The maximum Gasteiger partial charge on any atom is 0.197 e. The molecular weight excluding hydrogens is 257 g/mol. The molecule has 18 heavy (non-hydrogen) atoms. The molecule has 3 nitrogen and oxygen atoms in total. The molecule has 0 fully saturated rings. The molecule has 1 heterocycles. The van der Waals surface area contributed by atoms with Crippen molar-refractivity contribution in [2.24, 2.45) is 0 Å². The van der Waals surface area contributed by atoms with E-state index in [1.165, 1.54) is 37.6 Å². The summed E-state index contributed by atoms with van der Waals surface area (Å²) in [5.74, 6) is -0.552. The highest BCUT2D eigenvalue weighted by Crippen LogP contribution is 2.23. The Kier molecular flexibility index (Phi) is 3.58. The lowest BCUT2D eigenvalue weighted by Gasteiger charge is -2.07. The van der Waals surface area contributed by atoms with E-state index in [9.17, 15) is 9.18 Å². The molecule has 2 aromatic rings. The third-order valence-corrected chi connectivity index (χ3v) is 2.60. The highest BCUT2D eigenvalue weighted by molar-refractivity contribution is 6.30. The minimum absolute atomic E-state index is 0.153. The lowest BCUT2D eigenvalue weighted by molar-refractivity contribution is 0.103. The first kappa shape index (κ1) is 12.5. The SMILES string of the molecule is COc1ccc(F)cc1C(=O)c1ccnc(Cl)c1. The Hall–Kier alpha value is -1.94. The second-order valence-corrected chi connectivity index (χ2v) is 3.93. The summed E-state index contributed by atoms with van der Waals surface area (Å²) in [6.07, 6.45) is 1.42. The molecule has 0 atom stereocenters. The van der Waals surface area contributed by atoms with Gasteiger partial charge in [-0.1, -0.05) is 11.6 Å². The summed E-state index contributed by atoms with van der Waals surface area (Å²) in [6, 6.07) is 6.71. The summed E-state index contributed by atoms with van der Waals surface area (Å²) in [7, 11) is 1.42. The van der Waals surface area contributed by atoms with Gasteiger partial charge in [0.05, 0.1) is 12.7 Å². The molecular formula is C13H9ClFNO2. The molecule has 92 valence electrons. The van der Waals surface area contributed by atoms with Crippen LogP contribution in [0.25, 0.3) is 0 Å². The smallest absolute Gasteiger partial charge is 0.197 e. The van der Waals surface area contributed by atoms with Crippen LogP contribution in [0.4, 0.5) is 4.39 Å². The van der Waals surface area contributed by atoms with Crippen LogP contribution in [0.1, 0.15) is 15.9 Å². The molecule has 0 radical (unpaired) electrons. The summed E-state index contributed by atoms with van der Waals surface area (Å²) in [4.78, 5) is 16.0. The van der Waals surface area contributed by atoms with E-state index in [1.807, 2.05) is 0 Å². The first-order valence-corrected chi connectivity index (χ1v) is 5.49. The van der Waals surface area contributed by atoms with Crippen LogP contribution in [0.15, 0.2) is 36.5 Å². The number of carbonyl (C=O) groups excluding carboxylic acids is 1. The van der Waals surface area contributed by atoms with Gasteiger partial charge in [0.15, 0.2) is 5.78 Å². The van der Waals surface area contributed by atoms with Gasteiger partial charge in [-0.05, 0) is 30.3 Å². The van der Waals surface area contributed by atoms with E-state index in [-0.39, 0.29) is 16.5 Å². The van der Waals surface area contributed by atoms with E-state index in [0.717, 1.165) is 6.07 Å². The van der Waals surface area contributed by atoms with Gasteiger partial charge in [0.25, 0.3) is 0 Å². The molecule has 0 saturated carbocycles. The van der Waals surface area contributed by atoms with Crippen molar-refractivity contribution in [3.63, 3.8) is 0 Å². The third-order valence-electron chi connectivity index (χ3n) is 2.39. The van der Waals surface area contributed by atoms with Crippen LogP contribution in [0, 0.1) is 5.82 Å². The van der Waals surface area contributed by atoms with Crippen molar-refractivity contribution in [3.05, 3.63) is 58.6 Å². The number of hydrogen-bond donors (Lipinski definition) is 0. The molecule has 0 spiro atoms. The van der Waals surface area contributed by atoms with Crippen molar-refractivity contribution >= 4 is 17.4 Å². The molecule has 0 saturated heterocycles. The number of pyridine rings is 1. The molecule has 5 heteroatoms. The molecule has 0 aliphatic rings. The first-order valence-electron chi connectivity index (χ1n) is 5.11. The molecule has 0 unspecified atom stereocenters. The number of methoxy groups -OCH3 is 1. The molecule has 2 rings (SSSR count). The van der Waals surface area contributed by atoms with Crippen LogP contribution < -0.4 is 4.74 Å². The van der Waals surface area contributed by atoms with Gasteiger partial charge in [-0.15, -0.1) is 0 Å². The number of ether oxygens (including phenoxy) is 1. The van der Waals surface area contributed by atoms with Crippen LogP contribution >= 0.6 is 11.6 Å². The monoisotopic (exact) mass is 265 g/mol. The number of ketones is 1. The zero-order valence-electron chi connectivity index (χ0n) is 9.48. The van der Waals surface area contributed by atoms with Crippen molar-refractivity contribution < 1.29 is 13.9 Å². The summed E-state index contributed by atoms with van der Waals surface area (Å²) in [5.41, 5.74) is 0.485. The maximum absolute atomic E-state index is 13.2. The lowest BCUT2D eigenvalue weighted by Crippen LogP contribution is -2.05. The quantitative estimate of drug-likeness (QED) is 0.632. The molecule has 0 aliphatic carbocycles. The molecule has 0 amide bonds. The van der Waals surface area contributed by atoms with E-state index < -0.39 is 5.82 Å². The van der Waals surface area contributed by atoms with Gasteiger partial charge in [-0.3, -0.25) is 4.79 Å². The third kappa shape index (κ3) is 2.49.